The highest BCUT2D eigenvalue weighted by atomic mass is 16.5. The molecule has 3 heteroatoms. The Morgan fingerprint density at radius 2 is 1.91 bits per heavy atom. The Morgan fingerprint density at radius 3 is 2.50 bits per heavy atom. The van der Waals surface area contributed by atoms with Crippen molar-refractivity contribution in [1.82, 2.24) is 0 Å². The maximum atomic E-state index is 10.9. The van der Waals surface area contributed by atoms with E-state index in [9.17, 15) is 4.79 Å². The van der Waals surface area contributed by atoms with Crippen molar-refractivity contribution >= 4 is 5.97 Å². The van der Waals surface area contributed by atoms with Crippen molar-refractivity contribution in [2.24, 2.45) is 0 Å². The van der Waals surface area contributed by atoms with Gasteiger partial charge in [-0.25, -0.2) is 0 Å². The zero-order chi connectivity index (χ0) is 15.9. The van der Waals surface area contributed by atoms with Gasteiger partial charge in [-0.2, -0.15) is 0 Å². The van der Waals surface area contributed by atoms with Gasteiger partial charge in [0.1, 0.15) is 5.75 Å². The number of methoxy groups -OCH3 is 1. The van der Waals surface area contributed by atoms with Gasteiger partial charge in [0.05, 0.1) is 19.4 Å². The first kappa shape index (κ1) is 15.7. The molecule has 1 atom stereocenters. The summed E-state index contributed by atoms with van der Waals surface area (Å²) >= 11 is 0. The first-order chi connectivity index (χ1) is 10.6. The Balaban J connectivity index is 2.28. The van der Waals surface area contributed by atoms with Crippen LogP contribution in [0.15, 0.2) is 48.5 Å². The number of hydrogen-bond donors (Lipinski definition) is 1. The van der Waals surface area contributed by atoms with Crippen LogP contribution in [-0.2, 0) is 4.79 Å². The second-order valence-corrected chi connectivity index (χ2v) is 4.90. The van der Waals surface area contributed by atoms with Crippen LogP contribution < -0.4 is 4.74 Å². The van der Waals surface area contributed by atoms with Crippen molar-refractivity contribution < 1.29 is 14.6 Å². The smallest absolute Gasteiger partial charge is 0.304 e. The lowest BCUT2D eigenvalue weighted by atomic mass is 9.94. The molecule has 0 fully saturated rings. The Kier molecular flexibility index (Phi) is 5.21. The number of aliphatic carboxylic acids is 1. The molecule has 2 aromatic rings. The summed E-state index contributed by atoms with van der Waals surface area (Å²) < 4.78 is 5.23. The van der Waals surface area contributed by atoms with Gasteiger partial charge in [-0.3, -0.25) is 4.79 Å². The van der Waals surface area contributed by atoms with Crippen molar-refractivity contribution in [1.29, 1.82) is 0 Å². The van der Waals surface area contributed by atoms with E-state index in [2.05, 4.69) is 11.8 Å². The Labute approximate surface area is 130 Å². The molecule has 0 bridgehead atoms. The highest BCUT2D eigenvalue weighted by molar-refractivity contribution is 5.69. The summed E-state index contributed by atoms with van der Waals surface area (Å²) in [7, 11) is 1.64. The molecule has 2 rings (SSSR count). The summed E-state index contributed by atoms with van der Waals surface area (Å²) in [6.07, 6.45) is 0.0132. The second-order valence-electron chi connectivity index (χ2n) is 4.90. The number of carbonyl (C=O) groups is 1. The Morgan fingerprint density at radius 1 is 1.18 bits per heavy atom. The molecule has 1 N–H and O–H groups in total. The number of benzene rings is 2. The third kappa shape index (κ3) is 3.89. The fourth-order valence-electron chi connectivity index (χ4n) is 2.31. The standard InChI is InChI=1S/C19H18O3/c1-3-5-16(13-19(20)21)14-8-10-15(11-9-14)17-6-4-7-18(12-17)22-2/h4,6-12,16H,13H2,1-2H3,(H,20,21). The van der Waals surface area contributed by atoms with Gasteiger partial charge in [0.2, 0.25) is 0 Å². The van der Waals surface area contributed by atoms with Gasteiger partial charge in [-0.1, -0.05) is 42.3 Å². The summed E-state index contributed by atoms with van der Waals surface area (Å²) in [5.41, 5.74) is 3.03. The summed E-state index contributed by atoms with van der Waals surface area (Å²) in [5.74, 6) is 5.45. The van der Waals surface area contributed by atoms with E-state index in [0.29, 0.717) is 0 Å². The minimum Gasteiger partial charge on any atom is -0.497 e. The van der Waals surface area contributed by atoms with Gasteiger partial charge in [-0.15, -0.1) is 5.92 Å². The van der Waals surface area contributed by atoms with E-state index < -0.39 is 5.97 Å². The molecule has 0 heterocycles. The number of carboxylic acid groups (broad SMARTS) is 1. The molecule has 22 heavy (non-hydrogen) atoms. The van der Waals surface area contributed by atoms with E-state index in [1.54, 1.807) is 14.0 Å². The van der Waals surface area contributed by atoms with E-state index >= 15 is 0 Å². The number of ether oxygens (including phenoxy) is 1. The van der Waals surface area contributed by atoms with Crippen LogP contribution in [0.3, 0.4) is 0 Å². The molecule has 0 spiro atoms. The van der Waals surface area contributed by atoms with Crippen molar-refractivity contribution in [2.45, 2.75) is 19.3 Å². The van der Waals surface area contributed by atoms with Crippen LogP contribution in [-0.4, -0.2) is 18.2 Å². The highest BCUT2D eigenvalue weighted by Crippen LogP contribution is 2.26. The lowest BCUT2D eigenvalue weighted by Crippen LogP contribution is -2.04. The van der Waals surface area contributed by atoms with Crippen LogP contribution in [0.2, 0.25) is 0 Å². The van der Waals surface area contributed by atoms with Crippen LogP contribution in [0.25, 0.3) is 11.1 Å². The molecular weight excluding hydrogens is 276 g/mol. The molecule has 0 aromatic heterocycles. The SMILES string of the molecule is CC#CC(CC(=O)O)c1ccc(-c2cccc(OC)c2)cc1. The highest BCUT2D eigenvalue weighted by Gasteiger charge is 2.13. The number of rotatable bonds is 5. The first-order valence-corrected chi connectivity index (χ1v) is 7.02. The molecule has 0 radical (unpaired) electrons. The second kappa shape index (κ2) is 7.33. The van der Waals surface area contributed by atoms with E-state index in [1.165, 1.54) is 0 Å². The third-order valence-corrected chi connectivity index (χ3v) is 3.41. The molecule has 0 amide bonds. The van der Waals surface area contributed by atoms with Crippen LogP contribution in [0.4, 0.5) is 0 Å². The maximum Gasteiger partial charge on any atom is 0.304 e. The number of carboxylic acids is 1. The maximum absolute atomic E-state index is 10.9. The van der Waals surface area contributed by atoms with Crippen LogP contribution in [0, 0.1) is 11.8 Å². The average molecular weight is 294 g/mol. The van der Waals surface area contributed by atoms with Crippen molar-refractivity contribution in [3.63, 3.8) is 0 Å². The molecule has 0 aliphatic carbocycles. The van der Waals surface area contributed by atoms with Gasteiger partial charge < -0.3 is 9.84 Å². The van der Waals surface area contributed by atoms with E-state index in [1.807, 2.05) is 48.5 Å². The fraction of sp³-hybridized carbons (Fsp3) is 0.211. The normalized spacial score (nSPS) is 11.2. The van der Waals surface area contributed by atoms with Gasteiger partial charge in [-0.05, 0) is 35.7 Å². The zero-order valence-electron chi connectivity index (χ0n) is 12.7. The monoisotopic (exact) mass is 294 g/mol. The fourth-order valence-corrected chi connectivity index (χ4v) is 2.31. The zero-order valence-corrected chi connectivity index (χ0v) is 12.7. The van der Waals surface area contributed by atoms with Crippen molar-refractivity contribution in [3.05, 3.63) is 54.1 Å². The average Bonchev–Trinajstić information content (AvgIpc) is 2.54. The topological polar surface area (TPSA) is 46.5 Å². The molecule has 0 saturated carbocycles. The molecule has 0 aliphatic heterocycles. The lowest BCUT2D eigenvalue weighted by molar-refractivity contribution is -0.137. The molecule has 112 valence electrons. The Hall–Kier alpha value is -2.73. The molecule has 3 nitrogen and oxygen atoms in total. The van der Waals surface area contributed by atoms with Crippen LogP contribution >= 0.6 is 0 Å². The van der Waals surface area contributed by atoms with Crippen LogP contribution in [0.1, 0.15) is 24.8 Å². The minimum absolute atomic E-state index is 0.0132. The quantitative estimate of drug-likeness (QED) is 0.849. The largest absolute Gasteiger partial charge is 0.497 e. The third-order valence-electron chi connectivity index (χ3n) is 3.41. The summed E-state index contributed by atoms with van der Waals surface area (Å²) in [6, 6.07) is 15.7. The van der Waals surface area contributed by atoms with Gasteiger partial charge in [0.15, 0.2) is 0 Å². The molecule has 1 unspecified atom stereocenters. The molecule has 0 aliphatic rings. The van der Waals surface area contributed by atoms with Gasteiger partial charge >= 0.3 is 5.97 Å². The van der Waals surface area contributed by atoms with E-state index in [0.717, 1.165) is 22.4 Å². The number of hydrogen-bond acceptors (Lipinski definition) is 2. The minimum atomic E-state index is -0.843. The predicted molar refractivity (Wildman–Crippen MR) is 86.9 cm³/mol. The summed E-state index contributed by atoms with van der Waals surface area (Å²) in [4.78, 5) is 10.9. The van der Waals surface area contributed by atoms with E-state index in [-0.39, 0.29) is 12.3 Å². The van der Waals surface area contributed by atoms with Gasteiger partial charge in [0, 0.05) is 0 Å². The lowest BCUT2D eigenvalue weighted by Gasteiger charge is -2.10. The Bertz CT molecular complexity index is 705. The summed E-state index contributed by atoms with van der Waals surface area (Å²) in [5, 5.41) is 8.98. The van der Waals surface area contributed by atoms with E-state index in [4.69, 9.17) is 9.84 Å². The first-order valence-electron chi connectivity index (χ1n) is 7.02. The predicted octanol–water partition coefficient (Wildman–Crippen LogP) is 3.94. The van der Waals surface area contributed by atoms with Crippen molar-refractivity contribution in [3.8, 4) is 28.7 Å². The molecule has 0 saturated heterocycles. The molecule has 2 aromatic carbocycles. The van der Waals surface area contributed by atoms with Crippen LogP contribution in [0.5, 0.6) is 5.75 Å². The van der Waals surface area contributed by atoms with Gasteiger partial charge in [0.25, 0.3) is 0 Å². The van der Waals surface area contributed by atoms with Crippen molar-refractivity contribution in [2.75, 3.05) is 7.11 Å². The molecular formula is C19H18O3. The summed E-state index contributed by atoms with van der Waals surface area (Å²) in [6.45, 7) is 1.72.